The summed E-state index contributed by atoms with van der Waals surface area (Å²) in [5.74, 6) is 0.275. The molecule has 7 aliphatic heterocycles. The number of ether oxygens (including phenoxy) is 5. The van der Waals surface area contributed by atoms with E-state index in [9.17, 15) is 19.2 Å². The first kappa shape index (κ1) is 51.1. The number of halogens is 1. The maximum Gasteiger partial charge on any atom is 0.407 e. The van der Waals surface area contributed by atoms with E-state index in [1.54, 1.807) is 12.3 Å². The van der Waals surface area contributed by atoms with Crippen molar-refractivity contribution in [3.63, 3.8) is 0 Å². The van der Waals surface area contributed by atoms with Crippen molar-refractivity contribution in [2.75, 3.05) is 27.3 Å². The predicted molar refractivity (Wildman–Crippen MR) is 287 cm³/mol. The first-order valence-electron chi connectivity index (χ1n) is 27.1. The number of carbonyl (C=O) groups is 4. The number of alkyl carbamates (subject to hydrolysis) is 2. The molecule has 3 fully saturated rings. The van der Waals surface area contributed by atoms with E-state index in [-0.39, 0.29) is 54.0 Å². The van der Waals surface area contributed by atoms with Crippen molar-refractivity contribution < 1.29 is 47.3 Å². The van der Waals surface area contributed by atoms with Gasteiger partial charge in [-0.3, -0.25) is 19.6 Å². The molecule has 1 aromatic heterocycles. The topological polar surface area (TPSA) is 175 Å². The summed E-state index contributed by atoms with van der Waals surface area (Å²) in [5.41, 5.74) is 9.10. The lowest BCUT2D eigenvalue weighted by Gasteiger charge is -2.38. The maximum absolute atomic E-state index is 17.2. The van der Waals surface area contributed by atoms with Crippen LogP contribution in [0.1, 0.15) is 121 Å². The second-order valence-corrected chi connectivity index (χ2v) is 22.1. The predicted octanol–water partition coefficient (Wildman–Crippen LogP) is 9.76. The van der Waals surface area contributed by atoms with Gasteiger partial charge in [-0.2, -0.15) is 0 Å². The molecule has 17 heteroatoms. The summed E-state index contributed by atoms with van der Waals surface area (Å²) in [6.07, 6.45) is 8.93. The third-order valence-electron chi connectivity index (χ3n) is 16.6. The van der Waals surface area contributed by atoms with Crippen LogP contribution in [0.2, 0.25) is 0 Å². The standard InChI is InChI=1S/C59H68FN7O9/c1-31(2)53(63-58(70)72-6)55(68)65-18-8-10-47(65)45-26-42(30-62-45)38-24-43(60)52-49-27-39-22-35(14-16-46(39)67(49)57(76-51(52)28-38)37-15-17-50-36(23-37)13-12-32(3)75-50)41-25-44(61-29-41)48-11-9-19-66(48)56(69)54(64-59(71)73-7)40-20-33(4)74-34(5)21-40/h14-17,22-24,27-34,40,47-48,53-54,57H,8-13,18-21,25-26H2,1-7H3,(H,63,70)(H,64,71)/t32?,33-,34+,40?,47-,48-,53-,54?,57?/m0/s1. The van der Waals surface area contributed by atoms with E-state index < -0.39 is 36.3 Å². The summed E-state index contributed by atoms with van der Waals surface area (Å²) in [6, 6.07) is 16.0. The molecule has 7 aliphatic rings. The number of aromatic nitrogens is 1. The highest BCUT2D eigenvalue weighted by atomic mass is 19.1. The molecule has 0 saturated carbocycles. The first-order valence-corrected chi connectivity index (χ1v) is 27.1. The Labute approximate surface area is 442 Å². The number of benzene rings is 3. The van der Waals surface area contributed by atoms with E-state index >= 15 is 4.39 Å². The number of hydrogen-bond acceptors (Lipinski definition) is 11. The number of methoxy groups -OCH3 is 2. The number of likely N-dealkylation sites (tertiary alicyclic amines) is 2. The van der Waals surface area contributed by atoms with Crippen LogP contribution >= 0.6 is 0 Å². The normalized spacial score (nSPS) is 25.5. The highest BCUT2D eigenvalue weighted by molar-refractivity contribution is 6.06. The Bertz CT molecular complexity index is 3110. The van der Waals surface area contributed by atoms with Crippen LogP contribution in [0.4, 0.5) is 14.0 Å². The Kier molecular flexibility index (Phi) is 14.0. The highest BCUT2D eigenvalue weighted by Crippen LogP contribution is 2.48. The van der Waals surface area contributed by atoms with Crippen molar-refractivity contribution in [3.8, 4) is 22.8 Å². The molecule has 3 saturated heterocycles. The number of carbonyl (C=O) groups excluding carboxylic acids is 4. The number of aryl methyl sites for hydroxylation is 1. The van der Waals surface area contributed by atoms with E-state index in [4.69, 9.17) is 33.7 Å². The SMILES string of the molecule is COC(=O)NC(C(=O)N1CCC[C@H]1C1=NC=C(c2ccc3c(c2)cc2n3C(c3ccc4c(c3)CCC(C)O4)Oc3cc(C4=CN=C([C@@H]5CCCN5C(=O)[C@@H](NC(=O)OC)C(C)C)C4)cc(F)c3-2)C1)C1C[C@@H](C)O[C@@H](C)C1. The van der Waals surface area contributed by atoms with Gasteiger partial charge < -0.3 is 48.7 Å². The number of fused-ring (bicyclic) bond motifs is 6. The third kappa shape index (κ3) is 9.64. The van der Waals surface area contributed by atoms with Crippen molar-refractivity contribution in [2.45, 2.75) is 148 Å². The molecule has 400 valence electrons. The van der Waals surface area contributed by atoms with Gasteiger partial charge in [0.25, 0.3) is 0 Å². The molecular weight excluding hydrogens is 970 g/mol. The Hall–Kier alpha value is -7.01. The number of amides is 4. The van der Waals surface area contributed by atoms with Gasteiger partial charge in [0.1, 0.15) is 29.4 Å². The summed E-state index contributed by atoms with van der Waals surface area (Å²) in [5, 5.41) is 6.51. The van der Waals surface area contributed by atoms with E-state index in [2.05, 4.69) is 46.4 Å². The van der Waals surface area contributed by atoms with Crippen LogP contribution in [0.5, 0.6) is 11.5 Å². The van der Waals surface area contributed by atoms with E-state index in [1.165, 1.54) is 14.2 Å². The molecule has 3 aromatic carbocycles. The number of hydrogen-bond donors (Lipinski definition) is 2. The molecule has 11 rings (SSSR count). The highest BCUT2D eigenvalue weighted by Gasteiger charge is 2.44. The van der Waals surface area contributed by atoms with Gasteiger partial charge in [-0.1, -0.05) is 19.9 Å². The zero-order valence-corrected chi connectivity index (χ0v) is 44.4. The fourth-order valence-electron chi connectivity index (χ4n) is 12.8. The zero-order valence-electron chi connectivity index (χ0n) is 44.4. The number of nitrogens with one attached hydrogen (secondary N) is 2. The van der Waals surface area contributed by atoms with Gasteiger partial charge in [0.05, 0.1) is 61.4 Å². The van der Waals surface area contributed by atoms with Crippen molar-refractivity contribution in [3.05, 3.63) is 95.1 Å². The molecule has 4 amide bonds. The monoisotopic (exact) mass is 1040 g/mol. The molecule has 9 atom stereocenters. The van der Waals surface area contributed by atoms with Gasteiger partial charge >= 0.3 is 12.2 Å². The molecule has 0 spiro atoms. The van der Waals surface area contributed by atoms with Gasteiger partial charge in [-0.05, 0) is 160 Å². The number of aliphatic imine (C=N–C) groups is 2. The van der Waals surface area contributed by atoms with Crippen LogP contribution in [-0.2, 0) is 30.2 Å². The van der Waals surface area contributed by atoms with Gasteiger partial charge in [-0.15, -0.1) is 0 Å². The number of allylic oxidation sites excluding steroid dienone is 2. The maximum atomic E-state index is 17.2. The first-order chi connectivity index (χ1) is 36.7. The fraction of sp³-hybridized carbons (Fsp3) is 0.492. The molecule has 0 bridgehead atoms. The molecular formula is C59H68FN7O9. The Morgan fingerprint density at radius 1 is 0.724 bits per heavy atom. The summed E-state index contributed by atoms with van der Waals surface area (Å²) in [6.45, 7) is 11.0. The van der Waals surface area contributed by atoms with Crippen LogP contribution in [0.15, 0.2) is 77.0 Å². The molecule has 8 heterocycles. The molecule has 16 nitrogen and oxygen atoms in total. The lowest BCUT2D eigenvalue weighted by Crippen LogP contribution is -2.56. The Balaban J connectivity index is 0.867. The largest absolute Gasteiger partial charge is 0.490 e. The number of rotatable bonds is 11. The van der Waals surface area contributed by atoms with Crippen LogP contribution in [0.25, 0.3) is 33.3 Å². The van der Waals surface area contributed by atoms with Crippen LogP contribution in [0.3, 0.4) is 0 Å². The minimum Gasteiger partial charge on any atom is -0.490 e. The number of nitrogens with zero attached hydrogens (tertiary/aromatic N) is 5. The minimum absolute atomic E-state index is 0.0422. The molecule has 76 heavy (non-hydrogen) atoms. The molecule has 0 aliphatic carbocycles. The quantitative estimate of drug-likeness (QED) is 0.148. The minimum atomic E-state index is -0.751. The van der Waals surface area contributed by atoms with E-state index in [0.29, 0.717) is 61.3 Å². The molecule has 4 aromatic rings. The summed E-state index contributed by atoms with van der Waals surface area (Å²) in [7, 11) is 2.59. The second kappa shape index (κ2) is 20.8. The third-order valence-corrected chi connectivity index (χ3v) is 16.6. The van der Waals surface area contributed by atoms with Gasteiger partial charge in [0.2, 0.25) is 18.0 Å². The Morgan fingerprint density at radius 3 is 2.05 bits per heavy atom. The van der Waals surface area contributed by atoms with Crippen molar-refractivity contribution >= 4 is 57.5 Å². The van der Waals surface area contributed by atoms with Gasteiger partial charge in [0.15, 0.2) is 0 Å². The zero-order chi connectivity index (χ0) is 53.1. The van der Waals surface area contributed by atoms with Crippen LogP contribution in [0, 0.1) is 17.7 Å². The molecule has 4 unspecified atom stereocenters. The van der Waals surface area contributed by atoms with Crippen molar-refractivity contribution in [1.29, 1.82) is 0 Å². The van der Waals surface area contributed by atoms with Crippen molar-refractivity contribution in [2.24, 2.45) is 21.8 Å². The summed E-state index contributed by atoms with van der Waals surface area (Å²) >= 11 is 0. The van der Waals surface area contributed by atoms with E-state index in [0.717, 1.165) is 94.4 Å². The molecule has 2 N–H and O–H groups in total. The average molecular weight is 1040 g/mol. The lowest BCUT2D eigenvalue weighted by molar-refractivity contribution is -0.137. The summed E-state index contributed by atoms with van der Waals surface area (Å²) < 4.78 is 48.3. The Morgan fingerprint density at radius 2 is 1.38 bits per heavy atom. The van der Waals surface area contributed by atoms with Crippen LogP contribution in [-0.4, -0.2) is 120 Å². The van der Waals surface area contributed by atoms with Crippen LogP contribution < -0.4 is 20.1 Å². The van der Waals surface area contributed by atoms with Crippen molar-refractivity contribution in [1.82, 2.24) is 25.0 Å². The fourth-order valence-corrected chi connectivity index (χ4v) is 12.8. The smallest absolute Gasteiger partial charge is 0.407 e. The second-order valence-electron chi connectivity index (χ2n) is 22.1. The summed E-state index contributed by atoms with van der Waals surface area (Å²) in [4.78, 5) is 66.8. The van der Waals surface area contributed by atoms with Gasteiger partial charge in [-0.25, -0.2) is 14.0 Å². The average Bonchev–Trinajstić information content (AvgIpc) is 4.35. The van der Waals surface area contributed by atoms with Gasteiger partial charge in [0, 0.05) is 60.7 Å². The lowest BCUT2D eigenvalue weighted by atomic mass is 9.85. The molecule has 0 radical (unpaired) electrons. The van der Waals surface area contributed by atoms with E-state index in [1.807, 2.05) is 68.0 Å².